The zero-order chi connectivity index (χ0) is 24.6. The number of hydrogen-bond donors (Lipinski definition) is 3. The molecule has 1 heterocycles. The molecule has 0 radical (unpaired) electrons. The van der Waals surface area contributed by atoms with Crippen molar-refractivity contribution in [3.63, 3.8) is 0 Å². The van der Waals surface area contributed by atoms with E-state index >= 15 is 0 Å². The third-order valence-corrected chi connectivity index (χ3v) is 5.90. The fraction of sp³-hybridized carbons (Fsp3) is 0.652. The summed E-state index contributed by atoms with van der Waals surface area (Å²) in [5, 5.41) is 8.68. The molecule has 1 saturated carbocycles. The molecule has 0 spiro atoms. The van der Waals surface area contributed by atoms with E-state index in [0.29, 0.717) is 44.2 Å². The van der Waals surface area contributed by atoms with Gasteiger partial charge in [-0.25, -0.2) is 4.79 Å². The molecular weight excluding hydrogens is 455 g/mol. The van der Waals surface area contributed by atoms with Crippen LogP contribution in [0.3, 0.4) is 0 Å². The van der Waals surface area contributed by atoms with Crippen molar-refractivity contribution in [1.82, 2.24) is 10.6 Å². The monoisotopic (exact) mass is 487 g/mol. The number of anilines is 1. The molecule has 1 aliphatic heterocycles. The molecule has 3 atom stereocenters. The number of ether oxygens (including phenoxy) is 3. The summed E-state index contributed by atoms with van der Waals surface area (Å²) in [5.41, 5.74) is 0.582. The number of alkyl halides is 3. The fourth-order valence-corrected chi connectivity index (χ4v) is 4.18. The molecule has 1 unspecified atom stereocenters. The first-order valence-corrected chi connectivity index (χ1v) is 11.6. The zero-order valence-corrected chi connectivity index (χ0v) is 19.2. The average Bonchev–Trinajstić information content (AvgIpc) is 3.46. The Morgan fingerprint density at radius 1 is 1.12 bits per heavy atom. The van der Waals surface area contributed by atoms with E-state index in [4.69, 9.17) is 9.47 Å². The van der Waals surface area contributed by atoms with Crippen molar-refractivity contribution in [3.05, 3.63) is 24.3 Å². The van der Waals surface area contributed by atoms with Crippen LogP contribution in [0.15, 0.2) is 24.3 Å². The zero-order valence-electron chi connectivity index (χ0n) is 19.2. The fourth-order valence-electron chi connectivity index (χ4n) is 4.18. The van der Waals surface area contributed by atoms with Gasteiger partial charge in [0.25, 0.3) is 0 Å². The number of halogens is 3. The summed E-state index contributed by atoms with van der Waals surface area (Å²) < 4.78 is 51.2. The smallest absolute Gasteiger partial charge is 0.444 e. The van der Waals surface area contributed by atoms with Crippen LogP contribution in [0.4, 0.5) is 23.7 Å². The normalized spacial score (nSPS) is 20.4. The molecule has 11 heteroatoms. The summed E-state index contributed by atoms with van der Waals surface area (Å²) in [6.45, 7) is 3.05. The second-order valence-corrected chi connectivity index (χ2v) is 8.84. The molecule has 2 aliphatic rings. The SMILES string of the molecule is CC(CNc1ccc(OC(F)(F)F)cc1)NC(=O)[C@H](CC1CCCC1)NC(=O)O[C@H]1CCOC1. The molecule has 1 aromatic carbocycles. The number of carbonyl (C=O) groups is 2. The number of hydrogen-bond acceptors (Lipinski definition) is 6. The van der Waals surface area contributed by atoms with Gasteiger partial charge in [0.2, 0.25) is 5.91 Å². The van der Waals surface area contributed by atoms with Crippen LogP contribution < -0.4 is 20.7 Å². The summed E-state index contributed by atoms with van der Waals surface area (Å²) in [6, 6.07) is 4.33. The van der Waals surface area contributed by atoms with E-state index in [-0.39, 0.29) is 23.8 Å². The van der Waals surface area contributed by atoms with Gasteiger partial charge in [-0.15, -0.1) is 13.2 Å². The van der Waals surface area contributed by atoms with Crippen LogP contribution in [-0.2, 0) is 14.3 Å². The first-order chi connectivity index (χ1) is 16.2. The predicted molar refractivity (Wildman–Crippen MR) is 118 cm³/mol. The lowest BCUT2D eigenvalue weighted by Crippen LogP contribution is -2.51. The lowest BCUT2D eigenvalue weighted by atomic mass is 9.97. The highest BCUT2D eigenvalue weighted by Gasteiger charge is 2.31. The number of nitrogens with one attached hydrogen (secondary N) is 3. The van der Waals surface area contributed by atoms with Crippen molar-refractivity contribution in [3.8, 4) is 5.75 Å². The average molecular weight is 488 g/mol. The molecule has 3 rings (SSSR count). The van der Waals surface area contributed by atoms with E-state index in [2.05, 4.69) is 20.7 Å². The molecule has 1 aliphatic carbocycles. The van der Waals surface area contributed by atoms with Crippen LogP contribution in [0.2, 0.25) is 0 Å². The van der Waals surface area contributed by atoms with Crippen LogP contribution in [-0.4, -0.2) is 56.3 Å². The molecule has 2 amide bonds. The summed E-state index contributed by atoms with van der Waals surface area (Å²) in [4.78, 5) is 25.3. The van der Waals surface area contributed by atoms with Crippen LogP contribution >= 0.6 is 0 Å². The summed E-state index contributed by atoms with van der Waals surface area (Å²) in [6.07, 6.45) is -0.182. The van der Waals surface area contributed by atoms with Crippen LogP contribution in [0, 0.1) is 5.92 Å². The van der Waals surface area contributed by atoms with Gasteiger partial charge >= 0.3 is 12.5 Å². The van der Waals surface area contributed by atoms with Crippen molar-refractivity contribution >= 4 is 17.7 Å². The maximum absolute atomic E-state index is 12.9. The molecule has 2 fully saturated rings. The Morgan fingerprint density at radius 2 is 1.82 bits per heavy atom. The minimum atomic E-state index is -4.74. The van der Waals surface area contributed by atoms with Gasteiger partial charge < -0.3 is 30.2 Å². The lowest BCUT2D eigenvalue weighted by Gasteiger charge is -2.24. The van der Waals surface area contributed by atoms with Crippen LogP contribution in [0.5, 0.6) is 5.75 Å². The van der Waals surface area contributed by atoms with Gasteiger partial charge in [-0.1, -0.05) is 25.7 Å². The van der Waals surface area contributed by atoms with Gasteiger partial charge in [-0.05, 0) is 43.5 Å². The molecule has 8 nitrogen and oxygen atoms in total. The molecule has 190 valence electrons. The minimum Gasteiger partial charge on any atom is -0.444 e. The summed E-state index contributed by atoms with van der Waals surface area (Å²) in [5.74, 6) is -0.234. The minimum absolute atomic E-state index is 0.297. The molecular formula is C23H32F3N3O5. The number of rotatable bonds is 10. The van der Waals surface area contributed by atoms with Crippen molar-refractivity contribution in [2.75, 3.05) is 25.1 Å². The van der Waals surface area contributed by atoms with Crippen molar-refractivity contribution < 1.29 is 37.0 Å². The van der Waals surface area contributed by atoms with Gasteiger partial charge in [0.1, 0.15) is 17.9 Å². The predicted octanol–water partition coefficient (Wildman–Crippen LogP) is 3.97. The Hall–Kier alpha value is -2.69. The van der Waals surface area contributed by atoms with E-state index in [1.807, 2.05) is 0 Å². The van der Waals surface area contributed by atoms with Crippen molar-refractivity contribution in [1.29, 1.82) is 0 Å². The van der Waals surface area contributed by atoms with Crippen molar-refractivity contribution in [2.45, 2.75) is 70.0 Å². The number of benzene rings is 1. The summed E-state index contributed by atoms with van der Waals surface area (Å²) in [7, 11) is 0. The van der Waals surface area contributed by atoms with Gasteiger partial charge in [0.05, 0.1) is 13.2 Å². The third kappa shape index (κ3) is 8.92. The topological polar surface area (TPSA) is 97.9 Å². The molecule has 0 aromatic heterocycles. The first-order valence-electron chi connectivity index (χ1n) is 11.6. The third-order valence-electron chi connectivity index (χ3n) is 5.90. The maximum Gasteiger partial charge on any atom is 0.573 e. The second-order valence-electron chi connectivity index (χ2n) is 8.84. The molecule has 34 heavy (non-hydrogen) atoms. The van der Waals surface area contributed by atoms with E-state index in [1.165, 1.54) is 24.3 Å². The summed E-state index contributed by atoms with van der Waals surface area (Å²) >= 11 is 0. The molecule has 1 saturated heterocycles. The van der Waals surface area contributed by atoms with E-state index in [9.17, 15) is 22.8 Å². The molecule has 1 aromatic rings. The quantitative estimate of drug-likeness (QED) is 0.462. The number of amides is 2. The number of alkyl carbamates (subject to hydrolysis) is 1. The largest absolute Gasteiger partial charge is 0.573 e. The highest BCUT2D eigenvalue weighted by molar-refractivity contribution is 5.85. The molecule has 3 N–H and O–H groups in total. The van der Waals surface area contributed by atoms with Gasteiger partial charge in [0.15, 0.2) is 0 Å². The Morgan fingerprint density at radius 3 is 2.44 bits per heavy atom. The van der Waals surface area contributed by atoms with E-state index < -0.39 is 18.5 Å². The first kappa shape index (κ1) is 25.9. The van der Waals surface area contributed by atoms with Gasteiger partial charge in [0, 0.05) is 24.7 Å². The van der Waals surface area contributed by atoms with Crippen LogP contribution in [0.1, 0.15) is 45.4 Å². The number of carbonyl (C=O) groups excluding carboxylic acids is 2. The van der Waals surface area contributed by atoms with Crippen LogP contribution in [0.25, 0.3) is 0 Å². The lowest BCUT2D eigenvalue weighted by molar-refractivity contribution is -0.274. The molecule has 0 bridgehead atoms. The highest BCUT2D eigenvalue weighted by Crippen LogP contribution is 2.29. The maximum atomic E-state index is 12.9. The highest BCUT2D eigenvalue weighted by atomic mass is 19.4. The Bertz CT molecular complexity index is 794. The standard InChI is InChI=1S/C23H32F3N3O5/c1-15(13-27-17-6-8-18(9-7-17)34-23(24,25)26)28-21(30)20(12-16-4-2-3-5-16)29-22(31)33-19-10-11-32-14-19/h6-9,15-16,19-20,27H,2-5,10-14H2,1H3,(H,28,30)(H,29,31)/t15?,19-,20-/m0/s1. The Labute approximate surface area is 196 Å². The van der Waals surface area contributed by atoms with Gasteiger partial charge in [-0.2, -0.15) is 0 Å². The van der Waals surface area contributed by atoms with Crippen molar-refractivity contribution in [2.24, 2.45) is 5.92 Å². The Kier molecular flexibility index (Phi) is 9.26. The van der Waals surface area contributed by atoms with E-state index in [1.54, 1.807) is 6.92 Å². The second kappa shape index (κ2) is 12.1. The van der Waals surface area contributed by atoms with E-state index in [0.717, 1.165) is 25.7 Å². The Balaban J connectivity index is 1.48. The van der Waals surface area contributed by atoms with Gasteiger partial charge in [-0.3, -0.25) is 4.79 Å².